The van der Waals surface area contributed by atoms with Gasteiger partial charge in [0, 0.05) is 20.3 Å². The molecule has 0 unspecified atom stereocenters. The van der Waals surface area contributed by atoms with Crippen LogP contribution in [0.2, 0.25) is 5.02 Å². The molecule has 0 aliphatic rings. The Morgan fingerprint density at radius 3 is 2.62 bits per heavy atom. The smallest absolute Gasteiger partial charge is 0.283 e. The predicted molar refractivity (Wildman–Crippen MR) is 90.0 cm³/mol. The molecule has 0 fully saturated rings. The number of carbonyl (C=O) groups excluding carboxylic acids is 1. The van der Waals surface area contributed by atoms with E-state index in [0.29, 0.717) is 5.69 Å². The lowest BCUT2D eigenvalue weighted by atomic mass is 10.1. The number of nitrogens with one attached hydrogen (secondary N) is 1. The molecular formula is C14H10ClIN2O3. The van der Waals surface area contributed by atoms with E-state index in [4.69, 9.17) is 11.6 Å². The SMILES string of the molecule is Cc1cc(I)ccc1NC(=O)c1ccc(Cl)cc1[N+](=O)[O-]. The van der Waals surface area contributed by atoms with Crippen LogP contribution in [0, 0.1) is 20.6 Å². The number of halogens is 2. The molecule has 0 atom stereocenters. The molecule has 2 aromatic rings. The van der Waals surface area contributed by atoms with E-state index in [0.717, 1.165) is 15.2 Å². The number of amides is 1. The predicted octanol–water partition coefficient (Wildman–Crippen LogP) is 4.41. The third kappa shape index (κ3) is 3.70. The van der Waals surface area contributed by atoms with E-state index in [2.05, 4.69) is 27.9 Å². The zero-order chi connectivity index (χ0) is 15.6. The summed E-state index contributed by atoms with van der Waals surface area (Å²) in [6.07, 6.45) is 0. The van der Waals surface area contributed by atoms with E-state index < -0.39 is 10.8 Å². The zero-order valence-corrected chi connectivity index (χ0v) is 13.8. The van der Waals surface area contributed by atoms with Gasteiger partial charge in [-0.15, -0.1) is 0 Å². The van der Waals surface area contributed by atoms with Crippen molar-refractivity contribution >= 4 is 51.5 Å². The summed E-state index contributed by atoms with van der Waals surface area (Å²) in [6.45, 7) is 1.86. The molecule has 2 aromatic carbocycles. The normalized spacial score (nSPS) is 10.2. The molecule has 0 aromatic heterocycles. The van der Waals surface area contributed by atoms with Crippen molar-refractivity contribution in [1.29, 1.82) is 0 Å². The largest absolute Gasteiger partial charge is 0.322 e. The molecule has 1 amide bonds. The summed E-state index contributed by atoms with van der Waals surface area (Å²) in [4.78, 5) is 22.6. The number of rotatable bonds is 3. The Labute approximate surface area is 139 Å². The Bertz CT molecular complexity index is 734. The fraction of sp³-hybridized carbons (Fsp3) is 0.0714. The van der Waals surface area contributed by atoms with Gasteiger partial charge in [0.15, 0.2) is 0 Å². The van der Waals surface area contributed by atoms with Crippen LogP contribution in [0.4, 0.5) is 11.4 Å². The molecule has 1 N–H and O–H groups in total. The summed E-state index contributed by atoms with van der Waals surface area (Å²) in [5, 5.41) is 13.9. The minimum Gasteiger partial charge on any atom is -0.322 e. The van der Waals surface area contributed by atoms with Crippen molar-refractivity contribution in [3.63, 3.8) is 0 Å². The molecular weight excluding hydrogens is 407 g/mol. The Morgan fingerprint density at radius 2 is 2.00 bits per heavy atom. The van der Waals surface area contributed by atoms with Gasteiger partial charge >= 0.3 is 0 Å². The van der Waals surface area contributed by atoms with Crippen LogP contribution in [0.5, 0.6) is 0 Å². The van der Waals surface area contributed by atoms with Crippen LogP contribution in [0.25, 0.3) is 0 Å². The lowest BCUT2D eigenvalue weighted by molar-refractivity contribution is -0.385. The highest BCUT2D eigenvalue weighted by molar-refractivity contribution is 14.1. The van der Waals surface area contributed by atoms with Gasteiger partial charge in [0.25, 0.3) is 11.6 Å². The van der Waals surface area contributed by atoms with Crippen molar-refractivity contribution < 1.29 is 9.72 Å². The summed E-state index contributed by atoms with van der Waals surface area (Å²) in [5.74, 6) is -0.539. The number of carbonyl (C=O) groups is 1. The van der Waals surface area contributed by atoms with E-state index in [1.807, 2.05) is 19.1 Å². The third-order valence-corrected chi connectivity index (χ3v) is 3.74. The molecule has 0 heterocycles. The molecule has 0 saturated heterocycles. The lowest BCUT2D eigenvalue weighted by Crippen LogP contribution is -2.14. The van der Waals surface area contributed by atoms with E-state index in [-0.39, 0.29) is 16.3 Å². The van der Waals surface area contributed by atoms with Crippen molar-refractivity contribution in [3.05, 3.63) is 66.2 Å². The average molecular weight is 417 g/mol. The first-order chi connectivity index (χ1) is 9.88. The Morgan fingerprint density at radius 1 is 1.29 bits per heavy atom. The zero-order valence-electron chi connectivity index (χ0n) is 10.9. The van der Waals surface area contributed by atoms with Crippen LogP contribution >= 0.6 is 34.2 Å². The van der Waals surface area contributed by atoms with E-state index in [1.165, 1.54) is 12.1 Å². The monoisotopic (exact) mass is 416 g/mol. The maximum atomic E-state index is 12.2. The van der Waals surface area contributed by atoms with Gasteiger partial charge in [0.2, 0.25) is 0 Å². The highest BCUT2D eigenvalue weighted by Crippen LogP contribution is 2.25. The summed E-state index contributed by atoms with van der Waals surface area (Å²) >= 11 is 7.90. The number of hydrogen-bond acceptors (Lipinski definition) is 3. The van der Waals surface area contributed by atoms with Crippen LogP contribution in [-0.2, 0) is 0 Å². The van der Waals surface area contributed by atoms with Crippen molar-refractivity contribution in [2.75, 3.05) is 5.32 Å². The van der Waals surface area contributed by atoms with Gasteiger partial charge in [-0.3, -0.25) is 14.9 Å². The maximum absolute atomic E-state index is 12.2. The van der Waals surface area contributed by atoms with Gasteiger partial charge in [0.05, 0.1) is 4.92 Å². The minimum atomic E-state index is -0.623. The molecule has 0 radical (unpaired) electrons. The van der Waals surface area contributed by atoms with E-state index in [9.17, 15) is 14.9 Å². The quantitative estimate of drug-likeness (QED) is 0.457. The molecule has 5 nitrogen and oxygen atoms in total. The van der Waals surface area contributed by atoms with Gasteiger partial charge in [-0.2, -0.15) is 0 Å². The second-order valence-corrected chi connectivity index (χ2v) is 6.01. The van der Waals surface area contributed by atoms with Gasteiger partial charge in [0.1, 0.15) is 5.56 Å². The third-order valence-electron chi connectivity index (χ3n) is 2.84. The summed E-state index contributed by atoms with van der Waals surface area (Å²) < 4.78 is 1.04. The number of benzene rings is 2. The van der Waals surface area contributed by atoms with Crippen LogP contribution in [-0.4, -0.2) is 10.8 Å². The number of nitrogens with zero attached hydrogens (tertiary/aromatic N) is 1. The molecule has 0 spiro atoms. The first-order valence-corrected chi connectivity index (χ1v) is 7.35. The number of aryl methyl sites for hydroxylation is 1. The lowest BCUT2D eigenvalue weighted by Gasteiger charge is -2.09. The number of nitro groups is 1. The minimum absolute atomic E-state index is 0.0256. The second-order valence-electron chi connectivity index (χ2n) is 4.33. The number of hydrogen-bond donors (Lipinski definition) is 1. The molecule has 0 aliphatic heterocycles. The van der Waals surface area contributed by atoms with Crippen molar-refractivity contribution in [2.24, 2.45) is 0 Å². The second kappa shape index (κ2) is 6.40. The molecule has 7 heteroatoms. The van der Waals surface area contributed by atoms with Crippen molar-refractivity contribution in [3.8, 4) is 0 Å². The first kappa shape index (κ1) is 15.7. The number of nitro benzene ring substituents is 1. The summed E-state index contributed by atoms with van der Waals surface area (Å²) in [6, 6.07) is 9.47. The molecule has 0 bridgehead atoms. The van der Waals surface area contributed by atoms with Gasteiger partial charge in [-0.1, -0.05) is 11.6 Å². The Kier molecular flexibility index (Phi) is 4.79. The molecule has 108 valence electrons. The van der Waals surface area contributed by atoms with Gasteiger partial charge in [-0.25, -0.2) is 0 Å². The average Bonchev–Trinajstić information content (AvgIpc) is 2.41. The van der Waals surface area contributed by atoms with Gasteiger partial charge in [-0.05, 0) is 65.4 Å². The standard InChI is InChI=1S/C14H10ClIN2O3/c1-8-6-10(16)3-5-12(8)17-14(19)11-4-2-9(15)7-13(11)18(20)21/h2-7H,1H3,(H,17,19). The fourth-order valence-corrected chi connectivity index (χ4v) is 2.62. The number of anilines is 1. The molecule has 0 aliphatic carbocycles. The Balaban J connectivity index is 2.34. The van der Waals surface area contributed by atoms with Crippen LogP contribution < -0.4 is 5.32 Å². The maximum Gasteiger partial charge on any atom is 0.283 e. The Hall–Kier alpha value is -1.67. The van der Waals surface area contributed by atoms with E-state index in [1.54, 1.807) is 6.07 Å². The molecule has 2 rings (SSSR count). The topological polar surface area (TPSA) is 72.2 Å². The fourth-order valence-electron chi connectivity index (χ4n) is 1.80. The first-order valence-electron chi connectivity index (χ1n) is 5.90. The van der Waals surface area contributed by atoms with Crippen LogP contribution in [0.15, 0.2) is 36.4 Å². The highest BCUT2D eigenvalue weighted by atomic mass is 127. The highest BCUT2D eigenvalue weighted by Gasteiger charge is 2.21. The van der Waals surface area contributed by atoms with Crippen LogP contribution in [0.3, 0.4) is 0 Å². The summed E-state index contributed by atoms with van der Waals surface area (Å²) in [5.41, 5.74) is 1.15. The molecule has 0 saturated carbocycles. The molecule has 21 heavy (non-hydrogen) atoms. The summed E-state index contributed by atoms with van der Waals surface area (Å²) in [7, 11) is 0. The van der Waals surface area contributed by atoms with Crippen LogP contribution in [0.1, 0.15) is 15.9 Å². The van der Waals surface area contributed by atoms with Gasteiger partial charge < -0.3 is 5.32 Å². The van der Waals surface area contributed by atoms with Crippen molar-refractivity contribution in [2.45, 2.75) is 6.92 Å². The van der Waals surface area contributed by atoms with Crippen molar-refractivity contribution in [1.82, 2.24) is 0 Å². The van der Waals surface area contributed by atoms with E-state index >= 15 is 0 Å².